The van der Waals surface area contributed by atoms with Gasteiger partial charge < -0.3 is 30.7 Å². The average molecular weight is 977 g/mol. The minimum Gasteiger partial charge on any atom is -0.491 e. The minimum absolute atomic E-state index is 0.00538. The SMILES string of the molecule is COc1c(NC(=O)C(N=Nc2cccc(C(=O)Nc3cccc(C(C)Cl)c3)c2Cl)C(C)=O)ccc(NC(=O)C(N=Nc2cccc(C(=O)Nc3cccc(C(C)Cl)c3)c2Cl)C(C)=O)c1OC. The summed E-state index contributed by atoms with van der Waals surface area (Å²) in [7, 11) is 2.54. The lowest BCUT2D eigenvalue weighted by Gasteiger charge is -2.19. The molecule has 0 radical (unpaired) electrons. The Morgan fingerprint density at radius 2 is 0.894 bits per heavy atom. The molecule has 0 saturated heterocycles. The Morgan fingerprint density at radius 3 is 1.23 bits per heavy atom. The van der Waals surface area contributed by atoms with Crippen LogP contribution in [0.4, 0.5) is 34.1 Å². The number of benzene rings is 5. The van der Waals surface area contributed by atoms with Crippen molar-refractivity contribution >= 4 is 116 Å². The van der Waals surface area contributed by atoms with Gasteiger partial charge in [-0.15, -0.1) is 23.2 Å². The first-order valence-corrected chi connectivity index (χ1v) is 21.4. The summed E-state index contributed by atoms with van der Waals surface area (Å²) in [5.74, 6) is -4.47. The van der Waals surface area contributed by atoms with E-state index in [1.165, 1.54) is 62.8 Å². The number of ketones is 2. The van der Waals surface area contributed by atoms with Crippen molar-refractivity contribution in [3.05, 3.63) is 129 Å². The largest absolute Gasteiger partial charge is 0.491 e. The van der Waals surface area contributed by atoms with Gasteiger partial charge in [0.05, 0.1) is 57.5 Å². The highest BCUT2D eigenvalue weighted by Gasteiger charge is 2.29. The van der Waals surface area contributed by atoms with E-state index < -0.39 is 47.3 Å². The number of rotatable bonds is 18. The van der Waals surface area contributed by atoms with Crippen LogP contribution in [0, 0.1) is 0 Å². The topological polar surface area (TPSA) is 218 Å². The third-order valence-corrected chi connectivity index (χ3v) is 10.8. The van der Waals surface area contributed by atoms with Crippen molar-refractivity contribution in [3.63, 3.8) is 0 Å². The van der Waals surface area contributed by atoms with Gasteiger partial charge in [-0.05, 0) is 99.5 Å². The summed E-state index contributed by atoms with van der Waals surface area (Å²) >= 11 is 25.5. The Balaban J connectivity index is 1.30. The predicted octanol–water partition coefficient (Wildman–Crippen LogP) is 11.5. The molecule has 5 aromatic rings. The molecule has 4 N–H and O–H groups in total. The summed E-state index contributed by atoms with van der Waals surface area (Å²) in [6.45, 7) is 5.87. The Labute approximate surface area is 399 Å². The van der Waals surface area contributed by atoms with Gasteiger partial charge in [0.2, 0.25) is 12.1 Å². The summed E-state index contributed by atoms with van der Waals surface area (Å²) in [6.07, 6.45) is 0. The molecule has 0 aliphatic carbocycles. The number of Topliss-reactive ketones (excluding diaryl/α,β-unsaturated/α-hetero) is 2. The zero-order valence-electron chi connectivity index (χ0n) is 36.1. The van der Waals surface area contributed by atoms with Crippen LogP contribution in [0.15, 0.2) is 118 Å². The fraction of sp³-hybridized carbons (Fsp3) is 0.217. The van der Waals surface area contributed by atoms with Gasteiger partial charge in [0.15, 0.2) is 23.1 Å². The molecule has 5 rings (SSSR count). The van der Waals surface area contributed by atoms with Gasteiger partial charge in [0, 0.05) is 11.4 Å². The van der Waals surface area contributed by atoms with E-state index in [4.69, 9.17) is 55.9 Å². The van der Waals surface area contributed by atoms with Crippen molar-refractivity contribution in [1.82, 2.24) is 0 Å². The molecule has 0 heterocycles. The third kappa shape index (κ3) is 12.5. The number of hydrogen-bond donors (Lipinski definition) is 4. The van der Waals surface area contributed by atoms with Crippen molar-refractivity contribution in [2.24, 2.45) is 20.5 Å². The summed E-state index contributed by atoms with van der Waals surface area (Å²) in [5.41, 5.74) is 2.70. The number of anilines is 4. The van der Waals surface area contributed by atoms with Crippen molar-refractivity contribution in [2.75, 3.05) is 35.5 Å². The first-order valence-electron chi connectivity index (χ1n) is 19.8. The lowest BCUT2D eigenvalue weighted by atomic mass is 10.1. The van der Waals surface area contributed by atoms with Crippen LogP contribution in [-0.4, -0.2) is 61.5 Å². The van der Waals surface area contributed by atoms with Crippen LogP contribution in [0.25, 0.3) is 0 Å². The second-order valence-corrected chi connectivity index (χ2v) is 16.4. The molecule has 0 saturated carbocycles. The predicted molar refractivity (Wildman–Crippen MR) is 255 cm³/mol. The second-order valence-electron chi connectivity index (χ2n) is 14.3. The molecule has 4 atom stereocenters. The summed E-state index contributed by atoms with van der Waals surface area (Å²) in [6, 6.07) is 22.2. The van der Waals surface area contributed by atoms with Crippen molar-refractivity contribution < 1.29 is 38.2 Å². The fourth-order valence-electron chi connectivity index (χ4n) is 6.11. The number of nitrogens with zero attached hydrogens (tertiary/aromatic N) is 4. The number of carbonyl (C=O) groups is 6. The molecule has 0 fully saturated rings. The maximum Gasteiger partial charge on any atom is 0.258 e. The number of carbonyl (C=O) groups excluding carboxylic acids is 6. The molecule has 342 valence electrons. The van der Waals surface area contributed by atoms with E-state index in [2.05, 4.69) is 41.7 Å². The molecular formula is C46H42Cl4N8O8. The van der Waals surface area contributed by atoms with Gasteiger partial charge in [-0.25, -0.2) is 0 Å². The van der Waals surface area contributed by atoms with Crippen molar-refractivity contribution in [2.45, 2.75) is 50.5 Å². The molecule has 0 aliphatic heterocycles. The Morgan fingerprint density at radius 1 is 0.530 bits per heavy atom. The number of alkyl halides is 2. The van der Waals surface area contributed by atoms with Crippen LogP contribution in [0.1, 0.15) is 70.3 Å². The molecule has 16 nitrogen and oxygen atoms in total. The van der Waals surface area contributed by atoms with Crippen LogP contribution >= 0.6 is 46.4 Å². The maximum atomic E-state index is 13.5. The molecule has 0 bridgehead atoms. The molecule has 5 aromatic carbocycles. The average Bonchev–Trinajstić information content (AvgIpc) is 3.27. The molecule has 66 heavy (non-hydrogen) atoms. The van der Waals surface area contributed by atoms with Crippen LogP contribution in [0.2, 0.25) is 10.0 Å². The van der Waals surface area contributed by atoms with Crippen LogP contribution in [0.5, 0.6) is 11.5 Å². The van der Waals surface area contributed by atoms with Crippen LogP contribution in [0.3, 0.4) is 0 Å². The number of nitrogens with one attached hydrogen (secondary N) is 4. The van der Waals surface area contributed by atoms with E-state index in [1.54, 1.807) is 50.2 Å². The van der Waals surface area contributed by atoms with E-state index in [9.17, 15) is 28.8 Å². The van der Waals surface area contributed by atoms with E-state index in [0.29, 0.717) is 11.4 Å². The number of azo groups is 2. The third-order valence-electron chi connectivity index (χ3n) is 9.52. The number of amides is 4. The second kappa shape index (κ2) is 22.9. The highest BCUT2D eigenvalue weighted by molar-refractivity contribution is 6.37. The van der Waals surface area contributed by atoms with Crippen LogP contribution < -0.4 is 30.7 Å². The molecule has 4 amide bonds. The molecule has 0 aliphatic rings. The minimum atomic E-state index is -1.68. The highest BCUT2D eigenvalue weighted by atomic mass is 35.5. The summed E-state index contributed by atoms with van der Waals surface area (Å²) < 4.78 is 11.1. The highest BCUT2D eigenvalue weighted by Crippen LogP contribution is 2.42. The molecule has 4 unspecified atom stereocenters. The molecule has 20 heteroatoms. The van der Waals surface area contributed by atoms with Gasteiger partial charge in [-0.1, -0.05) is 59.6 Å². The first-order chi connectivity index (χ1) is 31.4. The molecular weight excluding hydrogens is 934 g/mol. The number of hydrogen-bond acceptors (Lipinski definition) is 12. The Bertz CT molecular complexity index is 2560. The number of ether oxygens (including phenoxy) is 2. The maximum absolute atomic E-state index is 13.5. The summed E-state index contributed by atoms with van der Waals surface area (Å²) in [4.78, 5) is 78.8. The lowest BCUT2D eigenvalue weighted by molar-refractivity contribution is -0.127. The van der Waals surface area contributed by atoms with Gasteiger partial charge in [-0.3, -0.25) is 28.8 Å². The van der Waals surface area contributed by atoms with Gasteiger partial charge >= 0.3 is 0 Å². The van der Waals surface area contributed by atoms with E-state index in [-0.39, 0.29) is 66.2 Å². The monoisotopic (exact) mass is 974 g/mol. The van der Waals surface area contributed by atoms with E-state index in [1.807, 2.05) is 12.1 Å². The Hall–Kier alpha value is -6.72. The normalized spacial score (nSPS) is 13.0. The number of methoxy groups -OCH3 is 2. The van der Waals surface area contributed by atoms with Gasteiger partial charge in [-0.2, -0.15) is 20.5 Å². The quantitative estimate of drug-likeness (QED) is 0.0375. The molecule has 0 aromatic heterocycles. The molecule has 0 spiro atoms. The van der Waals surface area contributed by atoms with Crippen molar-refractivity contribution in [1.29, 1.82) is 0 Å². The van der Waals surface area contributed by atoms with E-state index in [0.717, 1.165) is 25.0 Å². The summed E-state index contributed by atoms with van der Waals surface area (Å²) in [5, 5.41) is 25.9. The van der Waals surface area contributed by atoms with Crippen molar-refractivity contribution in [3.8, 4) is 11.5 Å². The smallest absolute Gasteiger partial charge is 0.258 e. The van der Waals surface area contributed by atoms with E-state index >= 15 is 0 Å². The standard InChI is InChI=1S/C46H42Cl4N8O8/c1-23(47)27-11-7-13-29(21-27)51-43(61)31-15-9-17-33(37(31)49)55-57-39(25(3)59)45(63)53-35-19-20-36(42(66-6)41(35)65-5)54-46(64)40(26(4)60)58-56-34-18-10-16-32(38(34)50)44(62)52-30-14-8-12-28(22-30)24(2)48/h7-24,39-40H,1-6H3,(H,51,61)(H,52,62)(H,53,63)(H,54,64). The number of halogens is 4. The Kier molecular flexibility index (Phi) is 17.5. The fourth-order valence-corrected chi connectivity index (χ4v) is 6.88. The van der Waals surface area contributed by atoms with Gasteiger partial charge in [0.25, 0.3) is 23.6 Å². The van der Waals surface area contributed by atoms with Crippen LogP contribution in [-0.2, 0) is 19.2 Å². The zero-order chi connectivity index (χ0) is 48.2. The zero-order valence-corrected chi connectivity index (χ0v) is 39.1. The van der Waals surface area contributed by atoms with Gasteiger partial charge in [0.1, 0.15) is 11.4 Å². The lowest BCUT2D eigenvalue weighted by Crippen LogP contribution is -2.32. The first kappa shape index (κ1) is 50.3.